The average Bonchev–Trinajstić information content (AvgIpc) is 2.88. The van der Waals surface area contributed by atoms with Crippen LogP contribution in [0.4, 0.5) is 0 Å². The molecule has 122 valence electrons. The molecule has 1 N–H and O–H groups in total. The molecule has 1 aromatic heterocycles. The zero-order valence-corrected chi connectivity index (χ0v) is 14.2. The van der Waals surface area contributed by atoms with E-state index in [9.17, 15) is 8.42 Å². The maximum absolute atomic E-state index is 12.3. The molecule has 0 fully saturated rings. The van der Waals surface area contributed by atoms with Gasteiger partial charge in [0.1, 0.15) is 0 Å². The molecule has 0 aliphatic heterocycles. The molecule has 0 aliphatic rings. The number of nitrogens with zero attached hydrogens (tertiary/aromatic N) is 1. The number of sulfonamides is 1. The van der Waals surface area contributed by atoms with Gasteiger partial charge in [0, 0.05) is 39.2 Å². The van der Waals surface area contributed by atoms with E-state index in [1.807, 2.05) is 11.5 Å². The van der Waals surface area contributed by atoms with Gasteiger partial charge in [-0.25, -0.2) is 13.1 Å². The fourth-order valence-electron chi connectivity index (χ4n) is 1.91. The third-order valence-electron chi connectivity index (χ3n) is 3.06. The van der Waals surface area contributed by atoms with Crippen molar-refractivity contribution in [1.29, 1.82) is 0 Å². The van der Waals surface area contributed by atoms with Crippen LogP contribution in [0.3, 0.4) is 0 Å². The molecule has 0 saturated carbocycles. The number of rotatable bonds is 10. The van der Waals surface area contributed by atoms with Gasteiger partial charge in [-0.2, -0.15) is 0 Å². The quantitative estimate of drug-likeness (QED) is 0.657. The minimum absolute atomic E-state index is 0.155. The number of methoxy groups -OCH3 is 2. The van der Waals surface area contributed by atoms with Crippen LogP contribution in [0.15, 0.2) is 17.2 Å². The minimum Gasteiger partial charge on any atom is -0.382 e. The number of hydrogen-bond acceptors (Lipinski definition) is 4. The lowest BCUT2D eigenvalue weighted by molar-refractivity contribution is 0.0320. The van der Waals surface area contributed by atoms with Crippen molar-refractivity contribution in [1.82, 2.24) is 9.29 Å². The molecular formula is C13H23ClN2O4S. The summed E-state index contributed by atoms with van der Waals surface area (Å²) in [5.41, 5.74) is 0.791. The van der Waals surface area contributed by atoms with E-state index in [1.165, 1.54) is 14.2 Å². The lowest BCUT2D eigenvalue weighted by Crippen LogP contribution is -2.35. The smallest absolute Gasteiger partial charge is 0.242 e. The van der Waals surface area contributed by atoms with Crippen molar-refractivity contribution in [2.45, 2.75) is 36.8 Å². The van der Waals surface area contributed by atoms with Crippen LogP contribution in [0.2, 0.25) is 0 Å². The van der Waals surface area contributed by atoms with Crippen molar-refractivity contribution in [3.8, 4) is 0 Å². The normalized spacial score (nSPS) is 13.5. The third-order valence-corrected chi connectivity index (χ3v) is 4.72. The van der Waals surface area contributed by atoms with Gasteiger partial charge in [0.2, 0.25) is 10.0 Å². The van der Waals surface area contributed by atoms with E-state index in [1.54, 1.807) is 12.3 Å². The number of nitrogens with one attached hydrogen (secondary N) is 1. The molecule has 0 aliphatic carbocycles. The molecule has 0 radical (unpaired) electrons. The van der Waals surface area contributed by atoms with Crippen molar-refractivity contribution < 1.29 is 17.9 Å². The second kappa shape index (κ2) is 8.75. The summed E-state index contributed by atoms with van der Waals surface area (Å²) >= 11 is 5.85. The molecule has 6 nitrogen and oxygen atoms in total. The van der Waals surface area contributed by atoms with E-state index >= 15 is 0 Å². The van der Waals surface area contributed by atoms with E-state index in [4.69, 9.17) is 21.1 Å². The standard InChI is InChI=1S/C13H23ClN2O4S/c1-4-5-16-9-13(6-11(16)7-14)21(17,18)15-8-12(20-3)10-19-2/h6,9,12,15H,4-5,7-8,10H2,1-3H3. The summed E-state index contributed by atoms with van der Waals surface area (Å²) in [5, 5.41) is 0. The largest absolute Gasteiger partial charge is 0.382 e. The summed E-state index contributed by atoms with van der Waals surface area (Å²) in [6.45, 7) is 3.24. The van der Waals surface area contributed by atoms with Gasteiger partial charge in [-0.1, -0.05) is 6.92 Å². The third kappa shape index (κ3) is 5.27. The molecule has 1 atom stereocenters. The molecule has 1 rings (SSSR count). The van der Waals surface area contributed by atoms with Gasteiger partial charge in [-0.15, -0.1) is 11.6 Å². The predicted molar refractivity (Wildman–Crippen MR) is 82.1 cm³/mol. The van der Waals surface area contributed by atoms with E-state index in [0.29, 0.717) is 6.61 Å². The van der Waals surface area contributed by atoms with Gasteiger partial charge in [0.25, 0.3) is 0 Å². The van der Waals surface area contributed by atoms with Gasteiger partial charge in [-0.05, 0) is 12.5 Å². The molecule has 0 spiro atoms. The Morgan fingerprint density at radius 2 is 2.14 bits per heavy atom. The number of alkyl halides is 1. The molecule has 0 saturated heterocycles. The fraction of sp³-hybridized carbons (Fsp3) is 0.692. The first-order chi connectivity index (χ1) is 9.98. The highest BCUT2D eigenvalue weighted by Crippen LogP contribution is 2.16. The molecule has 0 amide bonds. The molecule has 1 aromatic rings. The van der Waals surface area contributed by atoms with E-state index in [2.05, 4.69) is 4.72 Å². The van der Waals surface area contributed by atoms with Gasteiger partial charge >= 0.3 is 0 Å². The van der Waals surface area contributed by atoms with Crippen LogP contribution in [-0.4, -0.2) is 46.5 Å². The van der Waals surface area contributed by atoms with E-state index in [-0.39, 0.29) is 23.4 Å². The zero-order valence-electron chi connectivity index (χ0n) is 12.6. The molecule has 0 aromatic carbocycles. The Kier molecular flexibility index (Phi) is 7.69. The summed E-state index contributed by atoms with van der Waals surface area (Å²) in [7, 11) is -0.524. The number of hydrogen-bond donors (Lipinski definition) is 1. The Labute approximate surface area is 131 Å². The van der Waals surface area contributed by atoms with Crippen LogP contribution in [0.1, 0.15) is 19.0 Å². The minimum atomic E-state index is -3.58. The number of halogens is 1. The monoisotopic (exact) mass is 338 g/mol. The van der Waals surface area contributed by atoms with Crippen molar-refractivity contribution in [2.24, 2.45) is 0 Å². The summed E-state index contributed by atoms with van der Waals surface area (Å²) in [6.07, 6.45) is 2.20. The zero-order chi connectivity index (χ0) is 15.9. The Morgan fingerprint density at radius 3 is 2.67 bits per heavy atom. The molecule has 1 heterocycles. The summed E-state index contributed by atoms with van der Waals surface area (Å²) < 4.78 is 39.0. The lowest BCUT2D eigenvalue weighted by atomic mass is 10.4. The van der Waals surface area contributed by atoms with Crippen LogP contribution in [0.5, 0.6) is 0 Å². The topological polar surface area (TPSA) is 69.6 Å². The Balaban J connectivity index is 2.82. The van der Waals surface area contributed by atoms with Crippen LogP contribution >= 0.6 is 11.6 Å². The number of aryl methyl sites for hydroxylation is 1. The number of ether oxygens (including phenoxy) is 2. The highest BCUT2D eigenvalue weighted by molar-refractivity contribution is 7.89. The first-order valence-electron chi connectivity index (χ1n) is 6.74. The van der Waals surface area contributed by atoms with Crippen molar-refractivity contribution >= 4 is 21.6 Å². The first kappa shape index (κ1) is 18.4. The maximum Gasteiger partial charge on any atom is 0.242 e. The van der Waals surface area contributed by atoms with Gasteiger partial charge in [0.05, 0.1) is 23.5 Å². The average molecular weight is 339 g/mol. The summed E-state index contributed by atoms with van der Waals surface area (Å²) in [5.74, 6) is 0.278. The summed E-state index contributed by atoms with van der Waals surface area (Å²) in [4.78, 5) is 0.221. The SMILES string of the molecule is CCCn1cc(S(=O)(=O)NCC(COC)OC)cc1CCl. The Morgan fingerprint density at radius 1 is 1.43 bits per heavy atom. The van der Waals surface area contributed by atoms with Gasteiger partial charge in [-0.3, -0.25) is 0 Å². The van der Waals surface area contributed by atoms with Crippen LogP contribution in [0, 0.1) is 0 Å². The van der Waals surface area contributed by atoms with Crippen LogP contribution < -0.4 is 4.72 Å². The second-order valence-electron chi connectivity index (χ2n) is 4.66. The molecule has 0 bridgehead atoms. The van der Waals surface area contributed by atoms with E-state index in [0.717, 1.165) is 18.7 Å². The Hall–Kier alpha value is -0.600. The highest BCUT2D eigenvalue weighted by Gasteiger charge is 2.19. The molecular weight excluding hydrogens is 316 g/mol. The number of aromatic nitrogens is 1. The van der Waals surface area contributed by atoms with Crippen molar-refractivity contribution in [3.05, 3.63) is 18.0 Å². The van der Waals surface area contributed by atoms with Crippen molar-refractivity contribution in [3.63, 3.8) is 0 Å². The lowest BCUT2D eigenvalue weighted by Gasteiger charge is -2.14. The highest BCUT2D eigenvalue weighted by atomic mass is 35.5. The fourth-order valence-corrected chi connectivity index (χ4v) is 3.27. The van der Waals surface area contributed by atoms with Crippen LogP contribution in [-0.2, 0) is 31.9 Å². The summed E-state index contributed by atoms with van der Waals surface area (Å²) in [6, 6.07) is 1.60. The van der Waals surface area contributed by atoms with Crippen molar-refractivity contribution in [2.75, 3.05) is 27.4 Å². The second-order valence-corrected chi connectivity index (χ2v) is 6.69. The van der Waals surface area contributed by atoms with Crippen LogP contribution in [0.25, 0.3) is 0 Å². The molecule has 8 heteroatoms. The first-order valence-corrected chi connectivity index (χ1v) is 8.76. The maximum atomic E-state index is 12.3. The van der Waals surface area contributed by atoms with E-state index < -0.39 is 10.0 Å². The predicted octanol–water partition coefficient (Wildman–Crippen LogP) is 1.58. The Bertz CT molecular complexity index is 530. The van der Waals surface area contributed by atoms with Gasteiger partial charge < -0.3 is 14.0 Å². The molecule has 1 unspecified atom stereocenters. The van der Waals surface area contributed by atoms with Gasteiger partial charge in [0.15, 0.2) is 0 Å². The molecule has 21 heavy (non-hydrogen) atoms.